The van der Waals surface area contributed by atoms with Crippen LogP contribution in [0.5, 0.6) is 0 Å². The molecule has 0 unspecified atom stereocenters. The fraction of sp³-hybridized carbons (Fsp3) is 0.667. The van der Waals surface area contributed by atoms with Crippen molar-refractivity contribution in [3.05, 3.63) is 11.6 Å². The second kappa shape index (κ2) is 6.81. The summed E-state index contributed by atoms with van der Waals surface area (Å²) in [5.41, 5.74) is 0.632. The lowest BCUT2D eigenvalue weighted by Gasteiger charge is -2.13. The summed E-state index contributed by atoms with van der Waals surface area (Å²) in [6.07, 6.45) is 1.40. The third-order valence-corrected chi connectivity index (χ3v) is 3.05. The van der Waals surface area contributed by atoms with E-state index in [9.17, 15) is 9.36 Å². The Kier molecular flexibility index (Phi) is 6.52. The molecule has 0 saturated heterocycles. The van der Waals surface area contributed by atoms with Crippen molar-refractivity contribution >= 4 is 13.7 Å². The number of nitrogens with zero attached hydrogens (tertiary/aromatic N) is 1. The van der Waals surface area contributed by atoms with Crippen molar-refractivity contribution < 1.29 is 22.9 Å². The number of carbonyl (C=O) groups is 1. The Morgan fingerprint density at radius 3 is 2.19 bits per heavy atom. The van der Waals surface area contributed by atoms with Crippen molar-refractivity contribution in [2.75, 3.05) is 34.9 Å². The summed E-state index contributed by atoms with van der Waals surface area (Å²) in [5, 5.41) is 0. The van der Waals surface area contributed by atoms with E-state index in [1.165, 1.54) is 25.2 Å². The van der Waals surface area contributed by atoms with Gasteiger partial charge in [-0.05, 0) is 12.5 Å². The molecule has 94 valence electrons. The van der Waals surface area contributed by atoms with E-state index in [1.54, 1.807) is 21.0 Å². The third-order valence-electron chi connectivity index (χ3n) is 1.71. The molecule has 16 heavy (non-hydrogen) atoms. The minimum Gasteiger partial charge on any atom is -0.345 e. The van der Waals surface area contributed by atoms with Crippen LogP contribution in [-0.2, 0) is 22.9 Å². The van der Waals surface area contributed by atoms with Crippen molar-refractivity contribution in [3.63, 3.8) is 0 Å². The Labute approximate surface area is 95.8 Å². The quantitative estimate of drug-likeness (QED) is 0.528. The lowest BCUT2D eigenvalue weighted by atomic mass is 10.3. The van der Waals surface area contributed by atoms with Gasteiger partial charge in [0.2, 0.25) is 5.91 Å². The Bertz CT molecular complexity index is 305. The van der Waals surface area contributed by atoms with E-state index in [0.29, 0.717) is 5.57 Å². The van der Waals surface area contributed by atoms with Crippen molar-refractivity contribution in [3.8, 4) is 0 Å². The first-order valence-corrected chi connectivity index (χ1v) is 6.05. The molecule has 0 radical (unpaired) electrons. The highest BCUT2D eigenvalue weighted by Gasteiger charge is 2.22. The zero-order chi connectivity index (χ0) is 12.8. The summed E-state index contributed by atoms with van der Waals surface area (Å²) in [4.78, 5) is 12.7. The van der Waals surface area contributed by atoms with Crippen LogP contribution in [0.25, 0.3) is 0 Å². The normalized spacial score (nSPS) is 12.7. The largest absolute Gasteiger partial charge is 0.474 e. The van der Waals surface area contributed by atoms with Crippen LogP contribution < -0.4 is 0 Å². The number of amides is 1. The molecule has 0 aliphatic rings. The molecule has 1 amide bonds. The molecule has 0 fully saturated rings. The third kappa shape index (κ3) is 5.42. The minimum atomic E-state index is -3.47. The predicted molar refractivity (Wildman–Crippen MR) is 60.0 cm³/mol. The van der Waals surface area contributed by atoms with Crippen LogP contribution in [0.1, 0.15) is 6.92 Å². The van der Waals surface area contributed by atoms with Gasteiger partial charge in [0.05, 0.1) is 6.61 Å². The molecule has 0 spiro atoms. The number of rotatable bonds is 6. The summed E-state index contributed by atoms with van der Waals surface area (Å²) < 4.78 is 25.6. The van der Waals surface area contributed by atoms with E-state index in [2.05, 4.69) is 9.05 Å². The van der Waals surface area contributed by atoms with Crippen LogP contribution in [0.2, 0.25) is 0 Å². The van der Waals surface area contributed by atoms with Gasteiger partial charge in [-0.25, -0.2) is 4.57 Å². The van der Waals surface area contributed by atoms with Crippen molar-refractivity contribution in [1.29, 1.82) is 0 Å². The first-order valence-electron chi connectivity index (χ1n) is 4.59. The van der Waals surface area contributed by atoms with Crippen molar-refractivity contribution in [1.82, 2.24) is 4.90 Å². The van der Waals surface area contributed by atoms with Gasteiger partial charge in [-0.2, -0.15) is 0 Å². The van der Waals surface area contributed by atoms with Gasteiger partial charge in [-0.15, -0.1) is 0 Å². The number of hydrogen-bond donors (Lipinski definition) is 0. The van der Waals surface area contributed by atoms with Crippen LogP contribution in [0.15, 0.2) is 11.6 Å². The van der Waals surface area contributed by atoms with Gasteiger partial charge in [-0.1, -0.05) is 0 Å². The highest BCUT2D eigenvalue weighted by molar-refractivity contribution is 7.48. The Balaban J connectivity index is 4.32. The molecule has 0 aromatic carbocycles. The van der Waals surface area contributed by atoms with Gasteiger partial charge in [0.1, 0.15) is 0 Å². The molecule has 0 aliphatic carbocycles. The monoisotopic (exact) mass is 251 g/mol. The molecule has 0 heterocycles. The molecule has 0 aromatic rings. The van der Waals surface area contributed by atoms with Crippen LogP contribution in [-0.4, -0.2) is 45.7 Å². The van der Waals surface area contributed by atoms with Gasteiger partial charge in [0, 0.05) is 34.4 Å². The number of carbonyl (C=O) groups excluding carboxylic acids is 1. The van der Waals surface area contributed by atoms with Gasteiger partial charge in [0.25, 0.3) is 0 Å². The van der Waals surface area contributed by atoms with Crippen LogP contribution in [0.4, 0.5) is 0 Å². The van der Waals surface area contributed by atoms with Crippen LogP contribution in [0, 0.1) is 0 Å². The smallest absolute Gasteiger partial charge is 0.345 e. The molecule has 0 bridgehead atoms. The molecule has 0 atom stereocenters. The van der Waals surface area contributed by atoms with E-state index >= 15 is 0 Å². The molecule has 0 saturated carbocycles. The zero-order valence-corrected chi connectivity index (χ0v) is 11.1. The summed E-state index contributed by atoms with van der Waals surface area (Å²) in [7, 11) is 2.28. The Hall–Kier alpha value is -0.680. The van der Waals surface area contributed by atoms with E-state index < -0.39 is 7.82 Å². The average Bonchev–Trinajstić information content (AvgIpc) is 2.25. The molecular formula is C9H18NO5P. The average molecular weight is 251 g/mol. The molecule has 0 aliphatic heterocycles. The fourth-order valence-electron chi connectivity index (χ4n) is 0.742. The number of phosphoric ester groups is 1. The van der Waals surface area contributed by atoms with Crippen molar-refractivity contribution in [2.45, 2.75) is 6.92 Å². The van der Waals surface area contributed by atoms with Gasteiger partial charge in [-0.3, -0.25) is 18.4 Å². The number of hydrogen-bond acceptors (Lipinski definition) is 5. The van der Waals surface area contributed by atoms with Gasteiger partial charge in [0.15, 0.2) is 0 Å². The first-order chi connectivity index (χ1) is 7.34. The highest BCUT2D eigenvalue weighted by atomic mass is 31.2. The van der Waals surface area contributed by atoms with E-state index in [4.69, 9.17) is 4.52 Å². The summed E-state index contributed by atoms with van der Waals surface area (Å²) in [6, 6.07) is 0. The summed E-state index contributed by atoms with van der Waals surface area (Å²) in [5.74, 6) is -0.161. The standard InChI is InChI=1S/C9H18NO5P/c1-8(6-9(11)10(2)3)7-15-16(12,13-4)14-5/h6H,7H2,1-5H3. The Morgan fingerprint density at radius 1 is 1.31 bits per heavy atom. The lowest BCUT2D eigenvalue weighted by Crippen LogP contribution is -2.19. The van der Waals surface area contributed by atoms with Crippen molar-refractivity contribution in [2.24, 2.45) is 0 Å². The summed E-state index contributed by atoms with van der Waals surface area (Å²) in [6.45, 7) is 1.70. The SMILES string of the molecule is COP(=O)(OC)OCC(C)=CC(=O)N(C)C. The molecule has 6 nitrogen and oxygen atoms in total. The van der Waals surface area contributed by atoms with E-state index in [-0.39, 0.29) is 12.5 Å². The topological polar surface area (TPSA) is 65.1 Å². The van der Waals surface area contributed by atoms with E-state index in [0.717, 1.165) is 0 Å². The lowest BCUT2D eigenvalue weighted by molar-refractivity contribution is -0.123. The molecular weight excluding hydrogens is 233 g/mol. The summed E-state index contributed by atoms with van der Waals surface area (Å²) >= 11 is 0. The van der Waals surface area contributed by atoms with Gasteiger partial charge < -0.3 is 4.90 Å². The maximum atomic E-state index is 11.5. The van der Waals surface area contributed by atoms with Crippen LogP contribution in [0.3, 0.4) is 0 Å². The zero-order valence-electron chi connectivity index (χ0n) is 10.2. The molecule has 7 heteroatoms. The van der Waals surface area contributed by atoms with Crippen LogP contribution >= 0.6 is 7.82 Å². The van der Waals surface area contributed by atoms with E-state index in [1.807, 2.05) is 0 Å². The number of likely N-dealkylation sites (N-methyl/N-ethyl adjacent to an activating group) is 1. The number of phosphoric acid groups is 1. The molecule has 0 aromatic heterocycles. The van der Waals surface area contributed by atoms with Gasteiger partial charge >= 0.3 is 7.82 Å². The fourth-order valence-corrected chi connectivity index (χ4v) is 1.46. The Morgan fingerprint density at radius 2 is 1.81 bits per heavy atom. The second-order valence-corrected chi connectivity index (χ2v) is 5.19. The first kappa shape index (κ1) is 15.3. The second-order valence-electron chi connectivity index (χ2n) is 3.31. The molecule has 0 rings (SSSR count). The minimum absolute atomic E-state index is 0.0124. The highest BCUT2D eigenvalue weighted by Crippen LogP contribution is 2.47. The maximum absolute atomic E-state index is 11.5. The predicted octanol–water partition coefficient (Wildman–Crippen LogP) is 1.44. The maximum Gasteiger partial charge on any atom is 0.474 e. The molecule has 0 N–H and O–H groups in total.